The number of hydrogen-bond donors (Lipinski definition) is 1. The maximum absolute atomic E-state index is 13.6. The lowest BCUT2D eigenvalue weighted by molar-refractivity contribution is -0.122. The molecule has 0 saturated carbocycles. The molecule has 0 atom stereocenters. The Labute approximate surface area is 284 Å². The van der Waals surface area contributed by atoms with Crippen molar-refractivity contribution in [1.29, 1.82) is 0 Å². The molecule has 47 heavy (non-hydrogen) atoms. The van der Waals surface area contributed by atoms with E-state index in [9.17, 15) is 14.4 Å². The summed E-state index contributed by atoms with van der Waals surface area (Å²) in [5.41, 5.74) is 3.50. The molecule has 4 amide bonds. The van der Waals surface area contributed by atoms with Crippen molar-refractivity contribution in [2.24, 2.45) is 0 Å². The van der Waals surface area contributed by atoms with E-state index in [2.05, 4.69) is 45.5 Å². The second kappa shape index (κ2) is 13.7. The molecule has 236 valence electrons. The van der Waals surface area contributed by atoms with Crippen LogP contribution >= 0.6 is 27.5 Å². The quantitative estimate of drug-likeness (QED) is 0.122. The predicted molar refractivity (Wildman–Crippen MR) is 185 cm³/mol. The molecule has 1 fully saturated rings. The number of carbonyl (C=O) groups is 3. The SMILES string of the molecule is COc1cc(/C=C2\C(=O)NC(=O)N(c3ccc(OCc4ccccc4Cl)cc3)C2=O)cc(Br)c1OCc1c(C)ccc2ccccc12. The van der Waals surface area contributed by atoms with Gasteiger partial charge in [-0.3, -0.25) is 14.9 Å². The van der Waals surface area contributed by atoms with Crippen molar-refractivity contribution in [2.45, 2.75) is 20.1 Å². The van der Waals surface area contributed by atoms with Gasteiger partial charge in [0, 0.05) is 16.1 Å². The number of benzene rings is 5. The van der Waals surface area contributed by atoms with Crippen LogP contribution in [0.15, 0.2) is 107 Å². The highest BCUT2D eigenvalue weighted by Gasteiger charge is 2.37. The van der Waals surface area contributed by atoms with Crippen molar-refractivity contribution >= 4 is 67.9 Å². The van der Waals surface area contributed by atoms with Crippen LogP contribution in [0.1, 0.15) is 22.3 Å². The fraction of sp³-hybridized carbons (Fsp3) is 0.108. The van der Waals surface area contributed by atoms with Gasteiger partial charge in [-0.15, -0.1) is 0 Å². The van der Waals surface area contributed by atoms with Gasteiger partial charge in [0.25, 0.3) is 11.8 Å². The minimum Gasteiger partial charge on any atom is -0.493 e. The Morgan fingerprint density at radius 2 is 1.62 bits per heavy atom. The standard InChI is InChI=1S/C37H28BrClN2O6/c1-22-11-12-24-7-3-5-9-28(24)30(22)21-47-34-31(38)18-23(19-33(34)45-2)17-29-35(42)40-37(44)41(36(29)43)26-13-15-27(16-14-26)46-20-25-8-4-6-10-32(25)39/h3-19H,20-21H2,1-2H3,(H,40,42,44)/b29-17+. The number of ether oxygens (including phenoxy) is 3. The summed E-state index contributed by atoms with van der Waals surface area (Å²) in [6, 6.07) is 28.5. The Kier molecular flexibility index (Phi) is 9.29. The van der Waals surface area contributed by atoms with E-state index in [1.54, 1.807) is 42.5 Å². The number of amides is 4. The third-order valence-corrected chi connectivity index (χ3v) is 8.70. The van der Waals surface area contributed by atoms with Crippen LogP contribution in [-0.4, -0.2) is 25.0 Å². The normalized spacial score (nSPS) is 14.0. The summed E-state index contributed by atoms with van der Waals surface area (Å²) in [7, 11) is 1.51. The Hall–Kier alpha value is -5.12. The van der Waals surface area contributed by atoms with Crippen LogP contribution in [0.3, 0.4) is 0 Å². The molecule has 0 spiro atoms. The average molecular weight is 712 g/mol. The molecule has 5 aromatic carbocycles. The van der Waals surface area contributed by atoms with Gasteiger partial charge in [-0.2, -0.15) is 0 Å². The van der Waals surface area contributed by atoms with E-state index in [1.165, 1.54) is 13.2 Å². The zero-order valence-electron chi connectivity index (χ0n) is 25.4. The molecule has 0 aromatic heterocycles. The molecule has 0 radical (unpaired) electrons. The summed E-state index contributed by atoms with van der Waals surface area (Å²) >= 11 is 9.78. The van der Waals surface area contributed by atoms with E-state index in [-0.39, 0.29) is 17.9 Å². The van der Waals surface area contributed by atoms with E-state index >= 15 is 0 Å². The minimum absolute atomic E-state index is 0.224. The first-order valence-corrected chi connectivity index (χ1v) is 15.8. The fourth-order valence-corrected chi connectivity index (χ4v) is 6.04. The van der Waals surface area contributed by atoms with Crippen molar-refractivity contribution in [3.63, 3.8) is 0 Å². The van der Waals surface area contributed by atoms with Crippen molar-refractivity contribution in [3.05, 3.63) is 134 Å². The predicted octanol–water partition coefficient (Wildman–Crippen LogP) is 8.40. The van der Waals surface area contributed by atoms with Gasteiger partial charge in [0.15, 0.2) is 11.5 Å². The van der Waals surface area contributed by atoms with Crippen LogP contribution < -0.4 is 24.4 Å². The van der Waals surface area contributed by atoms with Gasteiger partial charge in [0.2, 0.25) is 0 Å². The third-order valence-electron chi connectivity index (χ3n) is 7.75. The van der Waals surface area contributed by atoms with E-state index in [0.717, 1.165) is 32.4 Å². The Morgan fingerprint density at radius 3 is 2.38 bits per heavy atom. The molecule has 1 aliphatic rings. The maximum atomic E-state index is 13.6. The Morgan fingerprint density at radius 1 is 0.872 bits per heavy atom. The number of anilines is 1. The first-order chi connectivity index (χ1) is 22.7. The number of barbiturate groups is 1. The van der Waals surface area contributed by atoms with Gasteiger partial charge < -0.3 is 14.2 Å². The molecule has 8 nitrogen and oxygen atoms in total. The summed E-state index contributed by atoms with van der Waals surface area (Å²) in [5.74, 6) is -0.202. The van der Waals surface area contributed by atoms with Crippen LogP contribution in [0.5, 0.6) is 17.2 Å². The molecule has 1 aliphatic heterocycles. The molecule has 1 saturated heterocycles. The number of carbonyl (C=O) groups excluding carboxylic acids is 3. The molecule has 5 aromatic rings. The first-order valence-electron chi connectivity index (χ1n) is 14.6. The molecular formula is C37H28BrClN2O6. The van der Waals surface area contributed by atoms with Crippen LogP contribution in [0.25, 0.3) is 16.8 Å². The average Bonchev–Trinajstić information content (AvgIpc) is 3.06. The number of methoxy groups -OCH3 is 1. The number of hydrogen-bond acceptors (Lipinski definition) is 6. The maximum Gasteiger partial charge on any atom is 0.335 e. The van der Waals surface area contributed by atoms with E-state index in [4.69, 9.17) is 25.8 Å². The summed E-state index contributed by atoms with van der Waals surface area (Å²) in [5, 5.41) is 5.06. The summed E-state index contributed by atoms with van der Waals surface area (Å²) in [6.07, 6.45) is 1.41. The fourth-order valence-electron chi connectivity index (χ4n) is 5.27. The Bertz CT molecular complexity index is 2060. The van der Waals surface area contributed by atoms with Gasteiger partial charge in [-0.05, 0) is 93.3 Å². The molecule has 10 heteroatoms. The number of nitrogens with zero attached hydrogens (tertiary/aromatic N) is 1. The van der Waals surface area contributed by atoms with E-state index < -0.39 is 17.8 Å². The van der Waals surface area contributed by atoms with Crippen molar-refractivity contribution in [3.8, 4) is 17.2 Å². The number of rotatable bonds is 9. The zero-order chi connectivity index (χ0) is 33.1. The van der Waals surface area contributed by atoms with Gasteiger partial charge in [0.05, 0.1) is 17.3 Å². The molecule has 1 N–H and O–H groups in total. The number of halogens is 2. The highest BCUT2D eigenvalue weighted by molar-refractivity contribution is 9.10. The van der Waals surface area contributed by atoms with Crippen molar-refractivity contribution < 1.29 is 28.6 Å². The van der Waals surface area contributed by atoms with Gasteiger partial charge in [-0.25, -0.2) is 9.69 Å². The molecule has 1 heterocycles. The minimum atomic E-state index is -0.854. The highest BCUT2D eigenvalue weighted by atomic mass is 79.9. The molecule has 0 aliphatic carbocycles. The van der Waals surface area contributed by atoms with Crippen LogP contribution in [0, 0.1) is 6.92 Å². The first kappa shape index (κ1) is 31.8. The zero-order valence-corrected chi connectivity index (χ0v) is 27.7. The van der Waals surface area contributed by atoms with Gasteiger partial charge >= 0.3 is 6.03 Å². The lowest BCUT2D eigenvalue weighted by Gasteiger charge is -2.26. The summed E-state index contributed by atoms with van der Waals surface area (Å²) in [6.45, 7) is 2.58. The number of urea groups is 1. The summed E-state index contributed by atoms with van der Waals surface area (Å²) in [4.78, 5) is 40.1. The molecule has 6 rings (SSSR count). The third kappa shape index (κ3) is 6.72. The highest BCUT2D eigenvalue weighted by Crippen LogP contribution is 2.39. The smallest absolute Gasteiger partial charge is 0.335 e. The van der Waals surface area contributed by atoms with Crippen LogP contribution in [0.4, 0.5) is 10.5 Å². The number of imide groups is 2. The van der Waals surface area contributed by atoms with Crippen molar-refractivity contribution in [1.82, 2.24) is 5.32 Å². The second-order valence-electron chi connectivity index (χ2n) is 10.7. The number of fused-ring (bicyclic) bond motifs is 1. The lowest BCUT2D eigenvalue weighted by atomic mass is 10.0. The molecule has 0 unspecified atom stereocenters. The summed E-state index contributed by atoms with van der Waals surface area (Å²) < 4.78 is 18.3. The molecule has 0 bridgehead atoms. The van der Waals surface area contributed by atoms with Gasteiger partial charge in [0.1, 0.15) is 24.5 Å². The number of nitrogens with one attached hydrogen (secondary N) is 1. The van der Waals surface area contributed by atoms with E-state index in [1.807, 2.05) is 37.3 Å². The van der Waals surface area contributed by atoms with Gasteiger partial charge in [-0.1, -0.05) is 66.2 Å². The molecular weight excluding hydrogens is 684 g/mol. The largest absolute Gasteiger partial charge is 0.493 e. The van der Waals surface area contributed by atoms with E-state index in [0.29, 0.717) is 38.9 Å². The number of aryl methyl sites for hydroxylation is 1. The van der Waals surface area contributed by atoms with Crippen LogP contribution in [0.2, 0.25) is 5.02 Å². The monoisotopic (exact) mass is 710 g/mol. The second-order valence-corrected chi connectivity index (χ2v) is 12.0. The Balaban J connectivity index is 1.22. The lowest BCUT2D eigenvalue weighted by Crippen LogP contribution is -2.54. The van der Waals surface area contributed by atoms with Crippen molar-refractivity contribution in [2.75, 3.05) is 12.0 Å². The topological polar surface area (TPSA) is 94.2 Å². The van der Waals surface area contributed by atoms with Crippen LogP contribution in [-0.2, 0) is 22.8 Å².